The second-order valence-corrected chi connectivity index (χ2v) is 6.75. The lowest BCUT2D eigenvalue weighted by atomic mass is 10.1. The molecule has 0 bridgehead atoms. The fourth-order valence-corrected chi connectivity index (χ4v) is 2.43. The number of benzene rings is 2. The van der Waals surface area contributed by atoms with E-state index >= 15 is 0 Å². The van der Waals surface area contributed by atoms with Crippen LogP contribution in [-0.2, 0) is 16.1 Å². The Morgan fingerprint density at radius 2 is 1.83 bits per heavy atom. The van der Waals surface area contributed by atoms with Gasteiger partial charge in [-0.25, -0.2) is 4.99 Å². The molecule has 2 rings (SSSR count). The predicted molar refractivity (Wildman–Crippen MR) is 131 cm³/mol. The van der Waals surface area contributed by atoms with E-state index in [-0.39, 0.29) is 36.4 Å². The molecule has 30 heavy (non-hydrogen) atoms. The van der Waals surface area contributed by atoms with Crippen LogP contribution in [0.25, 0.3) is 0 Å². The predicted octanol–water partition coefficient (Wildman–Crippen LogP) is 3.18. The molecule has 2 N–H and O–H groups in total. The first kappa shape index (κ1) is 25.7. The highest BCUT2D eigenvalue weighted by atomic mass is 127. The number of para-hydroxylation sites is 1. The molecule has 0 unspecified atom stereocenters. The van der Waals surface area contributed by atoms with E-state index in [1.807, 2.05) is 55.5 Å². The largest absolute Gasteiger partial charge is 0.457 e. The Bertz CT molecular complexity index is 813. The molecule has 0 saturated carbocycles. The maximum atomic E-state index is 11.9. The van der Waals surface area contributed by atoms with Gasteiger partial charge in [0.05, 0.1) is 19.7 Å². The number of ether oxygens (including phenoxy) is 2. The summed E-state index contributed by atoms with van der Waals surface area (Å²) in [6.45, 7) is 3.71. The molecule has 0 aliphatic heterocycles. The number of nitrogens with one attached hydrogen (secondary N) is 2. The summed E-state index contributed by atoms with van der Waals surface area (Å²) in [4.78, 5) is 18.0. The number of hydrogen-bond donors (Lipinski definition) is 2. The Kier molecular flexibility index (Phi) is 11.8. The second kappa shape index (κ2) is 13.8. The number of nitrogens with zero attached hydrogens (tertiary/aromatic N) is 2. The van der Waals surface area contributed by atoms with Crippen LogP contribution in [0.2, 0.25) is 0 Å². The first-order chi connectivity index (χ1) is 14.0. The highest BCUT2D eigenvalue weighted by molar-refractivity contribution is 14.0. The topological polar surface area (TPSA) is 75.2 Å². The maximum absolute atomic E-state index is 11.9. The van der Waals surface area contributed by atoms with Crippen molar-refractivity contribution in [2.75, 3.05) is 40.9 Å². The summed E-state index contributed by atoms with van der Waals surface area (Å²) in [6, 6.07) is 15.7. The van der Waals surface area contributed by atoms with Crippen molar-refractivity contribution in [1.29, 1.82) is 0 Å². The molecule has 0 aromatic heterocycles. The van der Waals surface area contributed by atoms with Crippen molar-refractivity contribution in [1.82, 2.24) is 15.5 Å². The van der Waals surface area contributed by atoms with Gasteiger partial charge in [-0.2, -0.15) is 0 Å². The minimum Gasteiger partial charge on any atom is -0.457 e. The summed E-state index contributed by atoms with van der Waals surface area (Å²) in [5, 5.41) is 6.23. The molecule has 2 aromatic rings. The number of carbonyl (C=O) groups is 1. The molecule has 0 radical (unpaired) electrons. The van der Waals surface area contributed by atoms with E-state index in [4.69, 9.17) is 9.47 Å². The van der Waals surface area contributed by atoms with Gasteiger partial charge in [0.1, 0.15) is 11.5 Å². The van der Waals surface area contributed by atoms with Gasteiger partial charge >= 0.3 is 0 Å². The van der Waals surface area contributed by atoms with Gasteiger partial charge in [0.2, 0.25) is 5.91 Å². The van der Waals surface area contributed by atoms with Crippen LogP contribution < -0.4 is 15.4 Å². The molecule has 0 aliphatic rings. The number of likely N-dealkylation sites (N-methyl/N-ethyl adjacent to an activating group) is 1. The van der Waals surface area contributed by atoms with E-state index in [0.29, 0.717) is 25.7 Å². The van der Waals surface area contributed by atoms with Crippen molar-refractivity contribution < 1.29 is 14.3 Å². The molecule has 0 heterocycles. The second-order valence-electron chi connectivity index (χ2n) is 6.75. The van der Waals surface area contributed by atoms with Gasteiger partial charge in [-0.15, -0.1) is 24.0 Å². The van der Waals surface area contributed by atoms with Crippen LogP contribution in [0.1, 0.15) is 11.1 Å². The minimum atomic E-state index is -0.0327. The highest BCUT2D eigenvalue weighted by Gasteiger charge is 2.08. The van der Waals surface area contributed by atoms with Crippen LogP contribution in [0.4, 0.5) is 0 Å². The first-order valence-electron chi connectivity index (χ1n) is 9.53. The van der Waals surface area contributed by atoms with E-state index in [1.165, 1.54) is 4.90 Å². The summed E-state index contributed by atoms with van der Waals surface area (Å²) >= 11 is 0. The van der Waals surface area contributed by atoms with Gasteiger partial charge in [-0.3, -0.25) is 4.79 Å². The molecule has 2 aromatic carbocycles. The van der Waals surface area contributed by atoms with Gasteiger partial charge < -0.3 is 25.0 Å². The first-order valence-corrected chi connectivity index (χ1v) is 9.53. The van der Waals surface area contributed by atoms with Gasteiger partial charge in [0, 0.05) is 33.3 Å². The zero-order chi connectivity index (χ0) is 21.1. The quantitative estimate of drug-likeness (QED) is 0.227. The van der Waals surface area contributed by atoms with Crippen LogP contribution in [0, 0.1) is 6.92 Å². The number of amides is 1. The molecule has 0 saturated heterocycles. The number of aryl methyl sites for hydroxylation is 1. The number of methoxy groups -OCH3 is 1. The summed E-state index contributed by atoms with van der Waals surface area (Å²) in [7, 11) is 5.08. The van der Waals surface area contributed by atoms with Gasteiger partial charge in [-0.1, -0.05) is 30.3 Å². The van der Waals surface area contributed by atoms with Crippen LogP contribution in [0.3, 0.4) is 0 Å². The molecule has 7 nitrogen and oxygen atoms in total. The van der Waals surface area contributed by atoms with Gasteiger partial charge in [-0.05, 0) is 30.7 Å². The lowest BCUT2D eigenvalue weighted by Crippen LogP contribution is -2.43. The zero-order valence-electron chi connectivity index (χ0n) is 18.0. The zero-order valence-corrected chi connectivity index (χ0v) is 20.3. The van der Waals surface area contributed by atoms with E-state index in [9.17, 15) is 4.79 Å². The van der Waals surface area contributed by atoms with Crippen LogP contribution in [0.5, 0.6) is 11.5 Å². The van der Waals surface area contributed by atoms with Crippen LogP contribution in [-0.4, -0.2) is 57.7 Å². The summed E-state index contributed by atoms with van der Waals surface area (Å²) in [5.74, 6) is 2.05. The van der Waals surface area contributed by atoms with E-state index in [2.05, 4.69) is 15.6 Å². The SMILES string of the molecule is COCCNC(=NCc1ccc(C)cc1Oc1ccccc1)NCC(=O)N(C)C.I. The monoisotopic (exact) mass is 526 g/mol. The average Bonchev–Trinajstić information content (AvgIpc) is 2.71. The molecule has 8 heteroatoms. The number of rotatable bonds is 9. The highest BCUT2D eigenvalue weighted by Crippen LogP contribution is 2.27. The summed E-state index contributed by atoms with van der Waals surface area (Å²) in [5.41, 5.74) is 2.06. The van der Waals surface area contributed by atoms with E-state index in [1.54, 1.807) is 21.2 Å². The average molecular weight is 526 g/mol. The third-order valence-corrected chi connectivity index (χ3v) is 4.11. The number of carbonyl (C=O) groups excluding carboxylic acids is 1. The third-order valence-electron chi connectivity index (χ3n) is 4.11. The Morgan fingerprint density at radius 3 is 2.50 bits per heavy atom. The maximum Gasteiger partial charge on any atom is 0.241 e. The van der Waals surface area contributed by atoms with Crippen molar-refractivity contribution >= 4 is 35.8 Å². The van der Waals surface area contributed by atoms with Crippen molar-refractivity contribution in [2.45, 2.75) is 13.5 Å². The third kappa shape index (κ3) is 9.00. The van der Waals surface area contributed by atoms with E-state index < -0.39 is 0 Å². The standard InChI is InChI=1S/C22H30N4O3.HI/c1-17-10-11-18(20(14-17)29-19-8-6-5-7-9-19)15-24-22(23-12-13-28-4)25-16-21(27)26(2)3;/h5-11,14H,12-13,15-16H2,1-4H3,(H2,23,24,25);1H. The molecular formula is C22H31IN4O3. The fraction of sp³-hybridized carbons (Fsp3) is 0.364. The van der Waals surface area contributed by atoms with Crippen molar-refractivity contribution in [3.8, 4) is 11.5 Å². The molecule has 1 amide bonds. The molecule has 164 valence electrons. The summed E-state index contributed by atoms with van der Waals surface area (Å²) < 4.78 is 11.1. The van der Waals surface area contributed by atoms with E-state index in [0.717, 1.165) is 22.6 Å². The molecule has 0 atom stereocenters. The number of guanidine groups is 1. The Labute approximate surface area is 195 Å². The number of aliphatic imine (C=N–C) groups is 1. The molecular weight excluding hydrogens is 495 g/mol. The van der Waals surface area contributed by atoms with Crippen LogP contribution in [0.15, 0.2) is 53.5 Å². The Balaban J connectivity index is 0.00000450. The number of hydrogen-bond acceptors (Lipinski definition) is 4. The molecule has 0 spiro atoms. The van der Waals surface area contributed by atoms with Crippen molar-refractivity contribution in [3.63, 3.8) is 0 Å². The van der Waals surface area contributed by atoms with Crippen molar-refractivity contribution in [3.05, 3.63) is 59.7 Å². The van der Waals surface area contributed by atoms with Gasteiger partial charge in [0.25, 0.3) is 0 Å². The minimum absolute atomic E-state index is 0. The Morgan fingerprint density at radius 1 is 1.10 bits per heavy atom. The molecule has 0 aliphatic carbocycles. The Hall–Kier alpha value is -2.33. The smallest absolute Gasteiger partial charge is 0.241 e. The summed E-state index contributed by atoms with van der Waals surface area (Å²) in [6.07, 6.45) is 0. The fourth-order valence-electron chi connectivity index (χ4n) is 2.43. The van der Waals surface area contributed by atoms with Crippen LogP contribution >= 0.6 is 24.0 Å². The lowest BCUT2D eigenvalue weighted by Gasteiger charge is -2.15. The molecule has 0 fully saturated rings. The van der Waals surface area contributed by atoms with Gasteiger partial charge in [0.15, 0.2) is 5.96 Å². The normalized spacial score (nSPS) is 10.7. The lowest BCUT2D eigenvalue weighted by molar-refractivity contribution is -0.127. The number of halogens is 1. The van der Waals surface area contributed by atoms with Crippen molar-refractivity contribution in [2.24, 2.45) is 4.99 Å².